The number of hydrogen-bond acceptors (Lipinski definition) is 3. The molecular weight excluding hydrogens is 331 g/mol. The van der Waals surface area contributed by atoms with Crippen molar-refractivity contribution in [2.45, 2.75) is 9.79 Å². The number of hydrogen-bond donors (Lipinski definition) is 0. The molecular formula is C10H5BrCl2N2S. The van der Waals surface area contributed by atoms with Crippen LogP contribution in [-0.2, 0) is 0 Å². The van der Waals surface area contributed by atoms with Gasteiger partial charge in [-0.2, -0.15) is 0 Å². The van der Waals surface area contributed by atoms with E-state index in [0.717, 1.165) is 14.3 Å². The fraction of sp³-hybridized carbons (Fsp3) is 0. The van der Waals surface area contributed by atoms with E-state index >= 15 is 0 Å². The first-order valence-electron chi connectivity index (χ1n) is 4.27. The van der Waals surface area contributed by atoms with Crippen LogP contribution in [-0.4, -0.2) is 10.2 Å². The predicted molar refractivity (Wildman–Crippen MR) is 70.3 cm³/mol. The fourth-order valence-corrected chi connectivity index (χ4v) is 2.92. The second-order valence-corrected chi connectivity index (χ2v) is 5.66. The highest BCUT2D eigenvalue weighted by atomic mass is 79.9. The summed E-state index contributed by atoms with van der Waals surface area (Å²) in [7, 11) is 0. The second-order valence-electron chi connectivity index (χ2n) is 2.88. The average Bonchev–Trinajstić information content (AvgIpc) is 2.24. The van der Waals surface area contributed by atoms with Gasteiger partial charge in [0.2, 0.25) is 0 Å². The molecule has 0 aliphatic carbocycles. The number of benzene rings is 1. The number of aromatic nitrogens is 2. The Labute approximate surface area is 115 Å². The minimum Gasteiger partial charge on any atom is -0.137 e. The van der Waals surface area contributed by atoms with Crippen LogP contribution in [0.25, 0.3) is 0 Å². The maximum Gasteiger partial charge on any atom is 0.165 e. The summed E-state index contributed by atoms with van der Waals surface area (Å²) in [6, 6.07) is 9.60. The summed E-state index contributed by atoms with van der Waals surface area (Å²) in [4.78, 5) is 1.85. The average molecular weight is 336 g/mol. The molecule has 0 spiro atoms. The van der Waals surface area contributed by atoms with Crippen LogP contribution in [0.5, 0.6) is 0 Å². The Hall–Kier alpha value is -0.290. The van der Waals surface area contributed by atoms with Crippen molar-refractivity contribution in [3.05, 3.63) is 45.1 Å². The standard InChI is InChI=1S/C10H5BrCl2N2S/c11-6-2-1-3-7(4-6)16-8-5-9(12)14-15-10(8)13/h1-5H. The Kier molecular flexibility index (Phi) is 4.08. The van der Waals surface area contributed by atoms with Crippen molar-refractivity contribution >= 4 is 50.9 Å². The third kappa shape index (κ3) is 3.10. The molecule has 0 atom stereocenters. The molecule has 1 aromatic carbocycles. The van der Waals surface area contributed by atoms with Gasteiger partial charge in [-0.05, 0) is 24.3 Å². The van der Waals surface area contributed by atoms with Crippen molar-refractivity contribution in [3.8, 4) is 0 Å². The van der Waals surface area contributed by atoms with Crippen LogP contribution < -0.4 is 0 Å². The molecule has 0 bridgehead atoms. The van der Waals surface area contributed by atoms with E-state index in [1.807, 2.05) is 24.3 Å². The molecule has 6 heteroatoms. The zero-order valence-corrected chi connectivity index (χ0v) is 11.7. The van der Waals surface area contributed by atoms with E-state index in [4.69, 9.17) is 23.2 Å². The minimum absolute atomic E-state index is 0.335. The Morgan fingerprint density at radius 3 is 2.69 bits per heavy atom. The maximum absolute atomic E-state index is 5.92. The van der Waals surface area contributed by atoms with Gasteiger partial charge in [-0.3, -0.25) is 0 Å². The Morgan fingerprint density at radius 1 is 1.12 bits per heavy atom. The van der Waals surface area contributed by atoms with Crippen LogP contribution in [0.1, 0.15) is 0 Å². The molecule has 0 saturated heterocycles. The Balaban J connectivity index is 2.30. The third-order valence-electron chi connectivity index (χ3n) is 1.71. The normalized spacial score (nSPS) is 10.4. The summed E-state index contributed by atoms with van der Waals surface area (Å²) in [6.07, 6.45) is 0. The SMILES string of the molecule is Clc1cc(Sc2cccc(Br)c2)c(Cl)nn1. The third-order valence-corrected chi connectivity index (χ3v) is 3.80. The van der Waals surface area contributed by atoms with Crippen LogP contribution in [0.4, 0.5) is 0 Å². The van der Waals surface area contributed by atoms with Crippen molar-refractivity contribution in [1.29, 1.82) is 0 Å². The topological polar surface area (TPSA) is 25.8 Å². The van der Waals surface area contributed by atoms with Gasteiger partial charge in [0.05, 0.1) is 4.90 Å². The molecule has 0 aliphatic heterocycles. The van der Waals surface area contributed by atoms with E-state index in [0.29, 0.717) is 10.3 Å². The van der Waals surface area contributed by atoms with Crippen LogP contribution in [0.15, 0.2) is 44.6 Å². The van der Waals surface area contributed by atoms with Gasteiger partial charge in [0, 0.05) is 9.37 Å². The summed E-state index contributed by atoms with van der Waals surface area (Å²) >= 11 is 16.6. The van der Waals surface area contributed by atoms with Gasteiger partial charge in [0.15, 0.2) is 10.3 Å². The predicted octanol–water partition coefficient (Wildman–Crippen LogP) is 4.70. The van der Waals surface area contributed by atoms with Crippen LogP contribution >= 0.6 is 50.9 Å². The lowest BCUT2D eigenvalue weighted by Crippen LogP contribution is -1.85. The zero-order chi connectivity index (χ0) is 11.5. The van der Waals surface area contributed by atoms with Gasteiger partial charge in [0.1, 0.15) is 0 Å². The van der Waals surface area contributed by atoms with E-state index < -0.39 is 0 Å². The Bertz CT molecular complexity index is 522. The number of halogens is 3. The van der Waals surface area contributed by atoms with Gasteiger partial charge < -0.3 is 0 Å². The van der Waals surface area contributed by atoms with E-state index in [9.17, 15) is 0 Å². The van der Waals surface area contributed by atoms with E-state index in [-0.39, 0.29) is 0 Å². The molecule has 82 valence electrons. The fourth-order valence-electron chi connectivity index (χ4n) is 1.07. The first-order chi connectivity index (χ1) is 7.65. The summed E-state index contributed by atoms with van der Waals surface area (Å²) in [6.45, 7) is 0. The van der Waals surface area contributed by atoms with Gasteiger partial charge in [0.25, 0.3) is 0 Å². The molecule has 16 heavy (non-hydrogen) atoms. The molecule has 0 saturated carbocycles. The maximum atomic E-state index is 5.92. The highest BCUT2D eigenvalue weighted by Crippen LogP contribution is 2.33. The van der Waals surface area contributed by atoms with Gasteiger partial charge in [-0.25, -0.2) is 0 Å². The summed E-state index contributed by atoms with van der Waals surface area (Å²) in [5, 5.41) is 8.10. The molecule has 1 heterocycles. The van der Waals surface area contributed by atoms with Crippen molar-refractivity contribution in [3.63, 3.8) is 0 Å². The quantitative estimate of drug-likeness (QED) is 0.795. The first-order valence-corrected chi connectivity index (χ1v) is 6.64. The molecule has 2 nitrogen and oxygen atoms in total. The molecule has 0 fully saturated rings. The lowest BCUT2D eigenvalue weighted by molar-refractivity contribution is 0.998. The first kappa shape index (κ1) is 12.2. The molecule has 0 N–H and O–H groups in total. The van der Waals surface area contributed by atoms with E-state index in [2.05, 4.69) is 26.1 Å². The molecule has 1 aromatic heterocycles. The molecule has 2 rings (SSSR count). The highest BCUT2D eigenvalue weighted by molar-refractivity contribution is 9.10. The largest absolute Gasteiger partial charge is 0.165 e. The summed E-state index contributed by atoms with van der Waals surface area (Å²) in [5.41, 5.74) is 0. The molecule has 0 aliphatic rings. The number of nitrogens with zero attached hydrogens (tertiary/aromatic N) is 2. The molecule has 0 amide bonds. The van der Waals surface area contributed by atoms with E-state index in [1.54, 1.807) is 6.07 Å². The lowest BCUT2D eigenvalue weighted by Gasteiger charge is -2.03. The van der Waals surface area contributed by atoms with Crippen molar-refractivity contribution in [1.82, 2.24) is 10.2 Å². The smallest absolute Gasteiger partial charge is 0.137 e. The van der Waals surface area contributed by atoms with Crippen molar-refractivity contribution < 1.29 is 0 Å². The molecule has 0 radical (unpaired) electrons. The Morgan fingerprint density at radius 2 is 1.94 bits per heavy atom. The number of rotatable bonds is 2. The van der Waals surface area contributed by atoms with Crippen LogP contribution in [0.3, 0.4) is 0 Å². The van der Waals surface area contributed by atoms with Crippen LogP contribution in [0, 0.1) is 0 Å². The van der Waals surface area contributed by atoms with Crippen molar-refractivity contribution in [2.75, 3.05) is 0 Å². The summed E-state index contributed by atoms with van der Waals surface area (Å²) in [5.74, 6) is 0. The minimum atomic E-state index is 0.335. The highest BCUT2D eigenvalue weighted by Gasteiger charge is 2.06. The summed E-state index contributed by atoms with van der Waals surface area (Å²) < 4.78 is 1.02. The van der Waals surface area contributed by atoms with Crippen molar-refractivity contribution in [2.24, 2.45) is 0 Å². The van der Waals surface area contributed by atoms with Gasteiger partial charge >= 0.3 is 0 Å². The van der Waals surface area contributed by atoms with Crippen LogP contribution in [0.2, 0.25) is 10.3 Å². The molecule has 2 aromatic rings. The second kappa shape index (κ2) is 5.36. The van der Waals surface area contributed by atoms with E-state index in [1.165, 1.54) is 11.8 Å². The zero-order valence-electron chi connectivity index (χ0n) is 7.82. The molecule has 0 unspecified atom stereocenters. The van der Waals surface area contributed by atoms with Gasteiger partial charge in [-0.15, -0.1) is 10.2 Å². The lowest BCUT2D eigenvalue weighted by atomic mass is 10.4. The monoisotopic (exact) mass is 334 g/mol. The van der Waals surface area contributed by atoms with Gasteiger partial charge in [-0.1, -0.05) is 57.0 Å².